The molecule has 0 aliphatic carbocycles. The first-order chi connectivity index (χ1) is 14.6. The second-order valence-corrected chi connectivity index (χ2v) is 9.89. The molecule has 0 bridgehead atoms. The number of aromatic amines is 1. The Morgan fingerprint density at radius 3 is 2.80 bits per heavy atom. The summed E-state index contributed by atoms with van der Waals surface area (Å²) in [6.07, 6.45) is 4.57. The molecule has 0 fully saturated rings. The van der Waals surface area contributed by atoms with Crippen molar-refractivity contribution in [2.45, 2.75) is 57.0 Å². The molecule has 4 aromatic rings. The summed E-state index contributed by atoms with van der Waals surface area (Å²) in [7, 11) is 0. The Balaban J connectivity index is 1.45. The molecule has 30 heavy (non-hydrogen) atoms. The zero-order chi connectivity index (χ0) is 20.7. The molecule has 1 aliphatic heterocycles. The summed E-state index contributed by atoms with van der Waals surface area (Å²) >= 11 is 3.17. The number of H-pyrrole nitrogens is 1. The van der Waals surface area contributed by atoms with Crippen LogP contribution in [-0.2, 0) is 18.7 Å². The van der Waals surface area contributed by atoms with Crippen LogP contribution in [0.15, 0.2) is 34.2 Å². The normalized spacial score (nSPS) is 14.1. The van der Waals surface area contributed by atoms with Crippen molar-refractivity contribution in [1.82, 2.24) is 24.7 Å². The molecule has 3 aromatic heterocycles. The first kappa shape index (κ1) is 19.5. The number of thioether (sulfide) groups is 1. The van der Waals surface area contributed by atoms with Crippen molar-refractivity contribution in [3.8, 4) is 11.1 Å². The second-order valence-electron chi connectivity index (χ2n) is 7.74. The van der Waals surface area contributed by atoms with Gasteiger partial charge in [-0.3, -0.25) is 4.79 Å². The Morgan fingerprint density at radius 2 is 1.97 bits per heavy atom. The van der Waals surface area contributed by atoms with Crippen LogP contribution in [0.5, 0.6) is 0 Å². The van der Waals surface area contributed by atoms with Crippen LogP contribution in [0.4, 0.5) is 0 Å². The van der Waals surface area contributed by atoms with E-state index in [1.807, 2.05) is 0 Å². The molecule has 0 radical (unpaired) electrons. The standard InChI is InChI=1S/C22H23N5OS2/c1-13-7-9-15(10-8-13)18-14(2)30-21-19(18)20(28)23-16(24-21)12-29-22-26-25-17-6-4-3-5-11-27(17)22/h7-10H,3-6,11-12H2,1-2H3,(H,23,24,28). The zero-order valence-electron chi connectivity index (χ0n) is 17.1. The van der Waals surface area contributed by atoms with Crippen LogP contribution < -0.4 is 5.56 Å². The number of thiophene rings is 1. The Bertz CT molecular complexity index is 1270. The molecule has 0 spiro atoms. The summed E-state index contributed by atoms with van der Waals surface area (Å²) in [5, 5.41) is 10.3. The summed E-state index contributed by atoms with van der Waals surface area (Å²) < 4.78 is 2.22. The average Bonchev–Trinajstić information content (AvgIpc) is 3.17. The van der Waals surface area contributed by atoms with E-state index in [0.717, 1.165) is 51.2 Å². The van der Waals surface area contributed by atoms with Crippen molar-refractivity contribution in [1.29, 1.82) is 0 Å². The van der Waals surface area contributed by atoms with Crippen molar-refractivity contribution in [2.75, 3.05) is 0 Å². The number of rotatable bonds is 4. The van der Waals surface area contributed by atoms with Crippen LogP contribution in [0.3, 0.4) is 0 Å². The largest absolute Gasteiger partial charge is 0.309 e. The topological polar surface area (TPSA) is 76.5 Å². The number of hydrogen-bond donors (Lipinski definition) is 1. The highest BCUT2D eigenvalue weighted by atomic mass is 32.2. The SMILES string of the molecule is Cc1ccc(-c2c(C)sc3nc(CSc4nnc5n4CCCCC5)[nH]c(=O)c23)cc1. The first-order valence-electron chi connectivity index (χ1n) is 10.2. The van der Waals surface area contributed by atoms with Gasteiger partial charge in [0.2, 0.25) is 0 Å². The molecule has 1 aromatic carbocycles. The Labute approximate surface area is 182 Å². The molecule has 0 saturated heterocycles. The van der Waals surface area contributed by atoms with Gasteiger partial charge in [0, 0.05) is 23.4 Å². The van der Waals surface area contributed by atoms with E-state index in [9.17, 15) is 4.79 Å². The third-order valence-electron chi connectivity index (χ3n) is 5.54. The van der Waals surface area contributed by atoms with Crippen LogP contribution in [-0.4, -0.2) is 24.7 Å². The maximum absolute atomic E-state index is 13.0. The molecule has 8 heteroatoms. The summed E-state index contributed by atoms with van der Waals surface area (Å²) in [6.45, 7) is 5.09. The van der Waals surface area contributed by atoms with E-state index < -0.39 is 0 Å². The fourth-order valence-electron chi connectivity index (χ4n) is 4.00. The summed E-state index contributed by atoms with van der Waals surface area (Å²) in [4.78, 5) is 22.7. The first-order valence-corrected chi connectivity index (χ1v) is 12.0. The molecule has 0 unspecified atom stereocenters. The van der Waals surface area contributed by atoms with Gasteiger partial charge in [-0.15, -0.1) is 21.5 Å². The van der Waals surface area contributed by atoms with E-state index in [1.165, 1.54) is 18.4 Å². The van der Waals surface area contributed by atoms with Crippen LogP contribution >= 0.6 is 23.1 Å². The third-order valence-corrected chi connectivity index (χ3v) is 7.52. The molecule has 5 rings (SSSR count). The third kappa shape index (κ3) is 3.58. The minimum Gasteiger partial charge on any atom is -0.309 e. The molecule has 0 atom stereocenters. The highest BCUT2D eigenvalue weighted by Crippen LogP contribution is 2.36. The number of hydrogen-bond acceptors (Lipinski definition) is 6. The predicted molar refractivity (Wildman–Crippen MR) is 122 cm³/mol. The lowest BCUT2D eigenvalue weighted by Crippen LogP contribution is -2.11. The van der Waals surface area contributed by atoms with Crippen LogP contribution in [0.2, 0.25) is 0 Å². The molecule has 1 N–H and O–H groups in total. The highest BCUT2D eigenvalue weighted by Gasteiger charge is 2.18. The van der Waals surface area contributed by atoms with Gasteiger partial charge in [-0.25, -0.2) is 4.98 Å². The van der Waals surface area contributed by atoms with E-state index in [4.69, 9.17) is 4.98 Å². The lowest BCUT2D eigenvalue weighted by Gasteiger charge is -2.06. The summed E-state index contributed by atoms with van der Waals surface area (Å²) in [6, 6.07) is 8.30. The summed E-state index contributed by atoms with van der Waals surface area (Å²) in [5.74, 6) is 2.32. The molecule has 4 heterocycles. The molecule has 1 aliphatic rings. The fourth-order valence-corrected chi connectivity index (χ4v) is 5.92. The van der Waals surface area contributed by atoms with Crippen molar-refractivity contribution in [3.05, 3.63) is 56.7 Å². The maximum atomic E-state index is 13.0. The minimum atomic E-state index is -0.0735. The molecule has 154 valence electrons. The molecule has 6 nitrogen and oxygen atoms in total. The van der Waals surface area contributed by atoms with Crippen LogP contribution in [0.1, 0.15) is 41.4 Å². The van der Waals surface area contributed by atoms with Crippen molar-refractivity contribution >= 4 is 33.3 Å². The van der Waals surface area contributed by atoms with Crippen molar-refractivity contribution < 1.29 is 0 Å². The van der Waals surface area contributed by atoms with Crippen LogP contribution in [0, 0.1) is 13.8 Å². The number of aromatic nitrogens is 5. The predicted octanol–water partition coefficient (Wildman–Crippen LogP) is 4.88. The van der Waals surface area contributed by atoms with E-state index >= 15 is 0 Å². The Morgan fingerprint density at radius 1 is 1.13 bits per heavy atom. The number of fused-ring (bicyclic) bond motifs is 2. The molecule has 0 saturated carbocycles. The fraction of sp³-hybridized carbons (Fsp3) is 0.364. The average molecular weight is 438 g/mol. The Kier molecular flexibility index (Phi) is 5.20. The van der Waals surface area contributed by atoms with Crippen molar-refractivity contribution in [2.24, 2.45) is 0 Å². The number of aryl methyl sites for hydroxylation is 3. The van der Waals surface area contributed by atoms with Gasteiger partial charge in [-0.2, -0.15) is 0 Å². The van der Waals surface area contributed by atoms with Gasteiger partial charge in [0.25, 0.3) is 5.56 Å². The van der Waals surface area contributed by atoms with E-state index in [2.05, 4.69) is 57.9 Å². The Hall–Kier alpha value is -2.45. The van der Waals surface area contributed by atoms with Gasteiger partial charge in [-0.05, 0) is 32.3 Å². The van der Waals surface area contributed by atoms with Crippen LogP contribution in [0.25, 0.3) is 21.3 Å². The maximum Gasteiger partial charge on any atom is 0.260 e. The van der Waals surface area contributed by atoms with E-state index in [-0.39, 0.29) is 5.56 Å². The number of nitrogens with zero attached hydrogens (tertiary/aromatic N) is 4. The quantitative estimate of drug-likeness (QED) is 0.461. The van der Waals surface area contributed by atoms with Gasteiger partial charge in [0.15, 0.2) is 5.16 Å². The van der Waals surface area contributed by atoms with Gasteiger partial charge >= 0.3 is 0 Å². The van der Waals surface area contributed by atoms with Gasteiger partial charge in [0.05, 0.1) is 11.1 Å². The lowest BCUT2D eigenvalue weighted by atomic mass is 10.0. The highest BCUT2D eigenvalue weighted by molar-refractivity contribution is 7.98. The van der Waals surface area contributed by atoms with Gasteiger partial charge in [0.1, 0.15) is 16.5 Å². The monoisotopic (exact) mass is 437 g/mol. The van der Waals surface area contributed by atoms with Gasteiger partial charge in [-0.1, -0.05) is 48.0 Å². The zero-order valence-corrected chi connectivity index (χ0v) is 18.7. The molecule has 0 amide bonds. The molecular weight excluding hydrogens is 414 g/mol. The number of benzene rings is 1. The second kappa shape index (κ2) is 8.00. The smallest absolute Gasteiger partial charge is 0.260 e. The van der Waals surface area contributed by atoms with E-state index in [0.29, 0.717) is 17.0 Å². The van der Waals surface area contributed by atoms with Gasteiger partial charge < -0.3 is 9.55 Å². The number of nitrogens with one attached hydrogen (secondary N) is 1. The minimum absolute atomic E-state index is 0.0735. The summed E-state index contributed by atoms with van der Waals surface area (Å²) in [5.41, 5.74) is 3.18. The van der Waals surface area contributed by atoms with Crippen molar-refractivity contribution in [3.63, 3.8) is 0 Å². The molecular formula is C22H23N5OS2. The van der Waals surface area contributed by atoms with E-state index in [1.54, 1.807) is 23.1 Å². The lowest BCUT2D eigenvalue weighted by molar-refractivity contribution is 0.591.